The lowest BCUT2D eigenvalue weighted by Crippen LogP contribution is -2.31. The predicted molar refractivity (Wildman–Crippen MR) is 79.6 cm³/mol. The van der Waals surface area contributed by atoms with Gasteiger partial charge in [-0.25, -0.2) is 9.29 Å². The maximum Gasteiger partial charge on any atom is 0.247 e. The van der Waals surface area contributed by atoms with Crippen molar-refractivity contribution >= 4 is 29.3 Å². The molecule has 3 rings (SSSR count). The first kappa shape index (κ1) is 13.8. The number of benzene rings is 2. The van der Waals surface area contributed by atoms with E-state index >= 15 is 0 Å². The molecule has 0 N–H and O–H groups in total. The zero-order valence-corrected chi connectivity index (χ0v) is 11.8. The number of hydrogen-bond acceptors (Lipinski definition) is 3. The molecule has 0 bridgehead atoms. The molecule has 1 saturated heterocycles. The van der Waals surface area contributed by atoms with Crippen LogP contribution in [0.5, 0.6) is 0 Å². The van der Waals surface area contributed by atoms with E-state index in [1.54, 1.807) is 0 Å². The second-order valence-electron chi connectivity index (χ2n) is 4.67. The summed E-state index contributed by atoms with van der Waals surface area (Å²) >= 11 is 1.38. The van der Waals surface area contributed by atoms with Crippen molar-refractivity contribution < 1.29 is 14.0 Å². The van der Waals surface area contributed by atoms with Crippen LogP contribution in [0.2, 0.25) is 0 Å². The van der Waals surface area contributed by atoms with E-state index in [-0.39, 0.29) is 18.2 Å². The van der Waals surface area contributed by atoms with Gasteiger partial charge in [-0.2, -0.15) is 0 Å². The summed E-state index contributed by atoms with van der Waals surface area (Å²) < 4.78 is 12.9. The number of carbonyl (C=O) groups is 2. The molecule has 106 valence electrons. The van der Waals surface area contributed by atoms with Gasteiger partial charge in [0, 0.05) is 11.3 Å². The molecule has 1 aliphatic rings. The summed E-state index contributed by atoms with van der Waals surface area (Å²) in [5.41, 5.74) is 0.419. The highest BCUT2D eigenvalue weighted by molar-refractivity contribution is 8.00. The predicted octanol–water partition coefficient (Wildman–Crippen LogP) is 3.25. The lowest BCUT2D eigenvalue weighted by molar-refractivity contribution is -0.121. The number of nitrogens with zero attached hydrogens (tertiary/aromatic N) is 1. The van der Waals surface area contributed by atoms with E-state index in [1.807, 2.05) is 30.3 Å². The minimum Gasteiger partial charge on any atom is -0.274 e. The molecule has 2 aromatic rings. The van der Waals surface area contributed by atoms with Gasteiger partial charge in [-0.15, -0.1) is 11.8 Å². The van der Waals surface area contributed by atoms with Crippen molar-refractivity contribution in [3.05, 3.63) is 60.4 Å². The Morgan fingerprint density at radius 2 is 1.67 bits per heavy atom. The summed E-state index contributed by atoms with van der Waals surface area (Å²) in [6.07, 6.45) is 0.162. The van der Waals surface area contributed by atoms with E-state index in [2.05, 4.69) is 0 Å². The minimum atomic E-state index is -0.426. The Morgan fingerprint density at radius 3 is 2.33 bits per heavy atom. The number of halogens is 1. The van der Waals surface area contributed by atoms with Crippen LogP contribution in [0.15, 0.2) is 59.5 Å². The third-order valence-corrected chi connectivity index (χ3v) is 4.41. The molecule has 0 aromatic heterocycles. The maximum absolute atomic E-state index is 12.9. The number of carbonyl (C=O) groups excluding carboxylic acids is 2. The molecule has 1 fully saturated rings. The topological polar surface area (TPSA) is 37.4 Å². The molecule has 1 aliphatic heterocycles. The average molecular weight is 301 g/mol. The monoisotopic (exact) mass is 301 g/mol. The van der Waals surface area contributed by atoms with Crippen molar-refractivity contribution in [1.29, 1.82) is 0 Å². The number of hydrogen-bond donors (Lipinski definition) is 0. The van der Waals surface area contributed by atoms with Crippen LogP contribution in [-0.4, -0.2) is 17.1 Å². The lowest BCUT2D eigenvalue weighted by Gasteiger charge is -2.14. The Hall–Kier alpha value is -2.14. The summed E-state index contributed by atoms with van der Waals surface area (Å²) in [5.74, 6) is -0.895. The van der Waals surface area contributed by atoms with Crippen LogP contribution in [0.25, 0.3) is 0 Å². The van der Waals surface area contributed by atoms with Gasteiger partial charge in [-0.05, 0) is 36.4 Å². The van der Waals surface area contributed by atoms with Crippen LogP contribution in [0.1, 0.15) is 6.42 Å². The van der Waals surface area contributed by atoms with Gasteiger partial charge in [0.15, 0.2) is 0 Å². The smallest absolute Gasteiger partial charge is 0.247 e. The molecule has 1 atom stereocenters. The van der Waals surface area contributed by atoms with Crippen molar-refractivity contribution in [2.45, 2.75) is 16.6 Å². The van der Waals surface area contributed by atoms with Gasteiger partial charge in [0.2, 0.25) is 11.8 Å². The molecular formula is C16H12FNO2S. The lowest BCUT2D eigenvalue weighted by atomic mass is 10.3. The second-order valence-corrected chi connectivity index (χ2v) is 5.94. The summed E-state index contributed by atoms with van der Waals surface area (Å²) in [6.45, 7) is 0. The minimum absolute atomic E-state index is 0.162. The fraction of sp³-hybridized carbons (Fsp3) is 0.125. The molecule has 21 heavy (non-hydrogen) atoms. The number of thioether (sulfide) groups is 1. The Kier molecular flexibility index (Phi) is 3.75. The largest absolute Gasteiger partial charge is 0.274 e. The molecule has 0 radical (unpaired) electrons. The highest BCUT2D eigenvalue weighted by Gasteiger charge is 2.40. The SMILES string of the molecule is O=C1CC(Sc2ccccc2)C(=O)N1c1ccc(F)cc1. The summed E-state index contributed by atoms with van der Waals surface area (Å²) in [6, 6.07) is 14.9. The van der Waals surface area contributed by atoms with Crippen LogP contribution >= 0.6 is 11.8 Å². The normalized spacial score (nSPS) is 18.3. The van der Waals surface area contributed by atoms with Crippen molar-refractivity contribution in [2.24, 2.45) is 0 Å². The van der Waals surface area contributed by atoms with Crippen molar-refractivity contribution in [1.82, 2.24) is 0 Å². The molecule has 0 spiro atoms. The first-order valence-electron chi connectivity index (χ1n) is 6.49. The maximum atomic E-state index is 12.9. The van der Waals surface area contributed by atoms with Gasteiger partial charge in [0.1, 0.15) is 5.82 Å². The third-order valence-electron chi connectivity index (χ3n) is 3.21. The summed E-state index contributed by atoms with van der Waals surface area (Å²) in [7, 11) is 0. The van der Waals surface area contributed by atoms with Crippen LogP contribution in [0.4, 0.5) is 10.1 Å². The quantitative estimate of drug-likeness (QED) is 0.817. The number of imide groups is 1. The van der Waals surface area contributed by atoms with Gasteiger partial charge in [-0.3, -0.25) is 9.59 Å². The molecule has 3 nitrogen and oxygen atoms in total. The Balaban J connectivity index is 1.80. The molecule has 2 amide bonds. The molecule has 5 heteroatoms. The number of amides is 2. The van der Waals surface area contributed by atoms with Gasteiger partial charge in [0.05, 0.1) is 10.9 Å². The van der Waals surface area contributed by atoms with E-state index in [9.17, 15) is 14.0 Å². The fourth-order valence-electron chi connectivity index (χ4n) is 2.22. The van der Waals surface area contributed by atoms with Gasteiger partial charge in [-0.1, -0.05) is 18.2 Å². The van der Waals surface area contributed by atoms with Crippen LogP contribution in [-0.2, 0) is 9.59 Å². The number of anilines is 1. The van der Waals surface area contributed by atoms with Crippen LogP contribution in [0, 0.1) is 5.82 Å². The zero-order valence-electron chi connectivity index (χ0n) is 11.0. The van der Waals surface area contributed by atoms with Gasteiger partial charge < -0.3 is 0 Å². The number of rotatable bonds is 3. The van der Waals surface area contributed by atoms with Crippen LogP contribution in [0.3, 0.4) is 0 Å². The fourth-order valence-corrected chi connectivity index (χ4v) is 3.30. The van der Waals surface area contributed by atoms with Crippen LogP contribution < -0.4 is 4.90 Å². The first-order valence-corrected chi connectivity index (χ1v) is 7.37. The highest BCUT2D eigenvalue weighted by atomic mass is 32.2. The molecule has 1 unspecified atom stereocenters. The summed E-state index contributed by atoms with van der Waals surface area (Å²) in [4.78, 5) is 26.6. The molecule has 2 aromatic carbocycles. The van der Waals surface area contributed by atoms with E-state index in [0.29, 0.717) is 5.69 Å². The van der Waals surface area contributed by atoms with Crippen molar-refractivity contribution in [3.63, 3.8) is 0 Å². The Morgan fingerprint density at radius 1 is 1.00 bits per heavy atom. The first-order chi connectivity index (χ1) is 10.1. The second kappa shape index (κ2) is 5.69. The average Bonchev–Trinajstić information content (AvgIpc) is 2.76. The van der Waals surface area contributed by atoms with E-state index in [1.165, 1.54) is 36.0 Å². The highest BCUT2D eigenvalue weighted by Crippen LogP contribution is 2.33. The molecule has 1 heterocycles. The summed E-state index contributed by atoms with van der Waals surface area (Å²) in [5, 5.41) is -0.426. The zero-order chi connectivity index (χ0) is 14.8. The molecule has 0 saturated carbocycles. The van der Waals surface area contributed by atoms with Gasteiger partial charge >= 0.3 is 0 Å². The molecular weight excluding hydrogens is 289 g/mol. The van der Waals surface area contributed by atoms with E-state index in [0.717, 1.165) is 9.80 Å². The standard InChI is InChI=1S/C16H12FNO2S/c17-11-6-8-12(9-7-11)18-15(19)10-14(16(18)20)21-13-4-2-1-3-5-13/h1-9,14H,10H2. The van der Waals surface area contributed by atoms with Crippen molar-refractivity contribution in [3.8, 4) is 0 Å². The Labute approximate surface area is 125 Å². The Bertz CT molecular complexity index is 672. The van der Waals surface area contributed by atoms with Crippen molar-refractivity contribution in [2.75, 3.05) is 4.90 Å². The van der Waals surface area contributed by atoms with E-state index < -0.39 is 11.1 Å². The van der Waals surface area contributed by atoms with Gasteiger partial charge in [0.25, 0.3) is 0 Å². The third kappa shape index (κ3) is 2.83. The van der Waals surface area contributed by atoms with E-state index in [4.69, 9.17) is 0 Å². The molecule has 0 aliphatic carbocycles.